The maximum atomic E-state index is 12.4. The van der Waals surface area contributed by atoms with E-state index >= 15 is 0 Å². The van der Waals surface area contributed by atoms with Crippen LogP contribution in [-0.2, 0) is 4.79 Å². The van der Waals surface area contributed by atoms with Gasteiger partial charge in [0.2, 0.25) is 0 Å². The molecule has 0 spiro atoms. The molecule has 2 rings (SSSR count). The molecule has 0 unspecified atom stereocenters. The molecule has 0 fully saturated rings. The van der Waals surface area contributed by atoms with E-state index in [9.17, 15) is 9.90 Å². The molecule has 0 aliphatic carbocycles. The number of hydrogen-bond acceptors (Lipinski definition) is 3. The zero-order valence-electron chi connectivity index (χ0n) is 15.3. The number of allylic oxidation sites excluding steroid dienone is 2. The largest absolute Gasteiger partial charge is 0.508 e. The van der Waals surface area contributed by atoms with Gasteiger partial charge in [-0.3, -0.25) is 4.79 Å². The number of nitrogens with zero attached hydrogens (tertiary/aromatic N) is 1. The van der Waals surface area contributed by atoms with Crippen LogP contribution in [0.25, 0.3) is 0 Å². The van der Waals surface area contributed by atoms with Gasteiger partial charge >= 0.3 is 0 Å². The number of aromatic hydroxyl groups is 1. The van der Waals surface area contributed by atoms with Crippen molar-refractivity contribution in [1.29, 1.82) is 5.26 Å². The zero-order valence-corrected chi connectivity index (χ0v) is 15.3. The molecule has 0 saturated heterocycles. The molecule has 1 N–H and O–H groups in total. The van der Waals surface area contributed by atoms with E-state index in [1.54, 1.807) is 19.1 Å². The summed E-state index contributed by atoms with van der Waals surface area (Å²) in [7, 11) is 0. The van der Waals surface area contributed by atoms with Gasteiger partial charge in [-0.25, -0.2) is 0 Å². The highest BCUT2D eigenvalue weighted by molar-refractivity contribution is 5.96. The van der Waals surface area contributed by atoms with Crippen molar-refractivity contribution in [3.63, 3.8) is 0 Å². The highest BCUT2D eigenvalue weighted by Gasteiger charge is 2.27. The van der Waals surface area contributed by atoms with Crippen LogP contribution >= 0.6 is 0 Å². The Labute approximate surface area is 149 Å². The van der Waals surface area contributed by atoms with Crippen molar-refractivity contribution in [2.24, 2.45) is 0 Å². The lowest BCUT2D eigenvalue weighted by Crippen LogP contribution is -2.14. The SMILES string of the molecule is CC(=O)C(=C(C)C)[C@@H](c1ccc(C#N)cc1C)c1cc(C)ccc1O. The normalized spacial score (nSPS) is 11.5. The molecular formula is C22H23NO2. The molecule has 0 heterocycles. The quantitative estimate of drug-likeness (QED) is 0.806. The fourth-order valence-electron chi connectivity index (χ4n) is 3.30. The summed E-state index contributed by atoms with van der Waals surface area (Å²) < 4.78 is 0. The van der Waals surface area contributed by atoms with E-state index in [4.69, 9.17) is 5.26 Å². The monoisotopic (exact) mass is 333 g/mol. The van der Waals surface area contributed by atoms with Crippen molar-refractivity contribution in [3.05, 3.63) is 75.4 Å². The number of hydrogen-bond donors (Lipinski definition) is 1. The minimum absolute atomic E-state index is 0.0188. The molecule has 3 nitrogen and oxygen atoms in total. The third kappa shape index (κ3) is 3.80. The van der Waals surface area contributed by atoms with Gasteiger partial charge in [-0.15, -0.1) is 0 Å². The highest BCUT2D eigenvalue weighted by Crippen LogP contribution is 2.40. The van der Waals surface area contributed by atoms with Gasteiger partial charge < -0.3 is 5.11 Å². The Bertz CT molecular complexity index is 897. The maximum absolute atomic E-state index is 12.4. The van der Waals surface area contributed by atoms with Crippen molar-refractivity contribution < 1.29 is 9.90 Å². The van der Waals surface area contributed by atoms with Gasteiger partial charge in [0.1, 0.15) is 5.75 Å². The number of Topliss-reactive ketones (excluding diaryl/α,β-unsaturated/α-hetero) is 1. The third-order valence-electron chi connectivity index (χ3n) is 4.41. The summed E-state index contributed by atoms with van der Waals surface area (Å²) in [6.07, 6.45) is 0. The fraction of sp³-hybridized carbons (Fsp3) is 0.273. The zero-order chi connectivity index (χ0) is 18.7. The molecule has 3 heteroatoms. The predicted molar refractivity (Wildman–Crippen MR) is 99.6 cm³/mol. The van der Waals surface area contributed by atoms with Crippen LogP contribution < -0.4 is 0 Å². The lowest BCUT2D eigenvalue weighted by Gasteiger charge is -2.24. The number of aryl methyl sites for hydroxylation is 2. The lowest BCUT2D eigenvalue weighted by atomic mass is 9.78. The summed E-state index contributed by atoms with van der Waals surface area (Å²) >= 11 is 0. The molecule has 0 aromatic heterocycles. The van der Waals surface area contributed by atoms with Crippen molar-refractivity contribution >= 4 is 5.78 Å². The number of phenolic OH excluding ortho intramolecular Hbond substituents is 1. The van der Waals surface area contributed by atoms with Gasteiger partial charge in [0.15, 0.2) is 5.78 Å². The average Bonchev–Trinajstić information content (AvgIpc) is 2.54. The van der Waals surface area contributed by atoms with Crippen molar-refractivity contribution in [2.75, 3.05) is 0 Å². The van der Waals surface area contributed by atoms with Crippen LogP contribution in [0.5, 0.6) is 5.75 Å². The Balaban J connectivity index is 2.83. The number of benzene rings is 2. The topological polar surface area (TPSA) is 61.1 Å². The van der Waals surface area contributed by atoms with E-state index in [-0.39, 0.29) is 17.5 Å². The average molecular weight is 333 g/mol. The predicted octanol–water partition coefficient (Wildman–Crippen LogP) is 4.94. The van der Waals surface area contributed by atoms with Gasteiger partial charge in [-0.2, -0.15) is 5.26 Å². The summed E-state index contributed by atoms with van der Waals surface area (Å²) in [6, 6.07) is 13.0. The molecule has 0 aliphatic rings. The second kappa shape index (κ2) is 7.36. The number of ketones is 1. The van der Waals surface area contributed by atoms with E-state index in [1.807, 2.05) is 52.0 Å². The molecule has 128 valence electrons. The number of carbonyl (C=O) groups excluding carboxylic acids is 1. The van der Waals surface area contributed by atoms with Crippen LogP contribution in [0.3, 0.4) is 0 Å². The maximum Gasteiger partial charge on any atom is 0.156 e. The van der Waals surface area contributed by atoms with Crippen LogP contribution in [0.4, 0.5) is 0 Å². The van der Waals surface area contributed by atoms with E-state index in [2.05, 4.69) is 6.07 Å². The van der Waals surface area contributed by atoms with Gasteiger partial charge in [0.05, 0.1) is 11.6 Å². The smallest absolute Gasteiger partial charge is 0.156 e. The van der Waals surface area contributed by atoms with Crippen molar-refractivity contribution in [3.8, 4) is 11.8 Å². The van der Waals surface area contributed by atoms with Crippen molar-refractivity contribution in [1.82, 2.24) is 0 Å². The van der Waals surface area contributed by atoms with E-state index in [1.165, 1.54) is 0 Å². The van der Waals surface area contributed by atoms with Crippen LogP contribution in [0, 0.1) is 25.2 Å². The Morgan fingerprint density at radius 3 is 2.24 bits per heavy atom. The summed E-state index contributed by atoms with van der Waals surface area (Å²) in [5.74, 6) is -0.218. The van der Waals surface area contributed by atoms with E-state index in [0.717, 1.165) is 22.3 Å². The molecule has 0 radical (unpaired) electrons. The number of rotatable bonds is 4. The summed E-state index contributed by atoms with van der Waals surface area (Å²) in [5, 5.41) is 19.6. The van der Waals surface area contributed by atoms with Crippen LogP contribution in [0.15, 0.2) is 47.5 Å². The molecular weight excluding hydrogens is 310 g/mol. The third-order valence-corrected chi connectivity index (χ3v) is 4.41. The lowest BCUT2D eigenvalue weighted by molar-refractivity contribution is -0.113. The Morgan fingerprint density at radius 2 is 1.72 bits per heavy atom. The molecule has 0 bridgehead atoms. The number of nitriles is 1. The standard InChI is InChI=1S/C22H23NO2/c1-13(2)21(16(5)24)22(19-10-14(3)6-9-20(19)25)18-8-7-17(12-23)11-15(18)4/h6-11,22,25H,1-5H3/t22-/m0/s1. The van der Waals surface area contributed by atoms with Gasteiger partial charge in [0.25, 0.3) is 0 Å². The second-order valence-corrected chi connectivity index (χ2v) is 6.65. The summed E-state index contributed by atoms with van der Waals surface area (Å²) in [6.45, 7) is 9.27. The first kappa shape index (κ1) is 18.5. The molecule has 25 heavy (non-hydrogen) atoms. The molecule has 2 aromatic rings. The Hall–Kier alpha value is -2.86. The minimum Gasteiger partial charge on any atom is -0.508 e. The van der Waals surface area contributed by atoms with Crippen LogP contribution in [0.1, 0.15) is 54.5 Å². The minimum atomic E-state index is -0.366. The van der Waals surface area contributed by atoms with Crippen LogP contribution in [0.2, 0.25) is 0 Å². The van der Waals surface area contributed by atoms with Gasteiger partial charge in [-0.1, -0.05) is 29.3 Å². The first-order valence-corrected chi connectivity index (χ1v) is 8.24. The first-order chi connectivity index (χ1) is 11.8. The molecule has 2 aromatic carbocycles. The number of phenols is 1. The van der Waals surface area contributed by atoms with E-state index in [0.29, 0.717) is 16.7 Å². The van der Waals surface area contributed by atoms with Crippen molar-refractivity contribution in [2.45, 2.75) is 40.5 Å². The Morgan fingerprint density at radius 1 is 1.04 bits per heavy atom. The summed E-state index contributed by atoms with van der Waals surface area (Å²) in [4.78, 5) is 12.4. The molecule has 1 atom stereocenters. The van der Waals surface area contributed by atoms with Crippen LogP contribution in [-0.4, -0.2) is 10.9 Å². The highest BCUT2D eigenvalue weighted by atomic mass is 16.3. The molecule has 0 aliphatic heterocycles. The molecule has 0 saturated carbocycles. The first-order valence-electron chi connectivity index (χ1n) is 8.24. The molecule has 0 amide bonds. The van der Waals surface area contributed by atoms with E-state index < -0.39 is 0 Å². The van der Waals surface area contributed by atoms with Gasteiger partial charge in [-0.05, 0) is 63.9 Å². The second-order valence-electron chi connectivity index (χ2n) is 6.65. The number of carbonyl (C=O) groups is 1. The fourth-order valence-corrected chi connectivity index (χ4v) is 3.30. The van der Waals surface area contributed by atoms with Gasteiger partial charge in [0, 0.05) is 17.1 Å². The summed E-state index contributed by atoms with van der Waals surface area (Å²) in [5.41, 5.74) is 5.74. The Kier molecular flexibility index (Phi) is 5.44.